The van der Waals surface area contributed by atoms with Gasteiger partial charge in [0.05, 0.1) is 6.61 Å². The first-order chi connectivity index (χ1) is 8.63. The molecule has 1 N–H and O–H groups in total. The van der Waals surface area contributed by atoms with E-state index >= 15 is 0 Å². The molecular formula is C16H25NO. The van der Waals surface area contributed by atoms with Crippen molar-refractivity contribution in [2.24, 2.45) is 5.41 Å². The highest BCUT2D eigenvalue weighted by atomic mass is 16.5. The fraction of sp³-hybridized carbons (Fsp3) is 0.625. The van der Waals surface area contributed by atoms with Gasteiger partial charge >= 0.3 is 0 Å². The van der Waals surface area contributed by atoms with Crippen LogP contribution in [0.4, 0.5) is 5.69 Å². The molecule has 0 saturated heterocycles. The van der Waals surface area contributed by atoms with E-state index in [0.717, 1.165) is 0 Å². The van der Waals surface area contributed by atoms with Crippen LogP contribution in [0, 0.1) is 5.41 Å². The third-order valence-corrected chi connectivity index (χ3v) is 4.15. The lowest BCUT2D eigenvalue weighted by molar-refractivity contribution is 0.184. The van der Waals surface area contributed by atoms with Gasteiger partial charge in [-0.1, -0.05) is 44.9 Å². The van der Waals surface area contributed by atoms with Crippen molar-refractivity contribution in [1.82, 2.24) is 0 Å². The molecule has 18 heavy (non-hydrogen) atoms. The van der Waals surface area contributed by atoms with E-state index in [9.17, 15) is 0 Å². The number of rotatable bonds is 4. The molecule has 1 unspecified atom stereocenters. The summed E-state index contributed by atoms with van der Waals surface area (Å²) in [6.45, 7) is 5.43. The molecule has 1 aromatic rings. The zero-order valence-electron chi connectivity index (χ0n) is 11.8. The van der Waals surface area contributed by atoms with Crippen LogP contribution in [0.25, 0.3) is 0 Å². The third kappa shape index (κ3) is 3.05. The van der Waals surface area contributed by atoms with Crippen molar-refractivity contribution in [1.29, 1.82) is 0 Å². The maximum atomic E-state index is 5.27. The number of hydrogen-bond acceptors (Lipinski definition) is 2. The fourth-order valence-corrected chi connectivity index (χ4v) is 2.89. The molecule has 0 bridgehead atoms. The monoisotopic (exact) mass is 247 g/mol. The van der Waals surface area contributed by atoms with Crippen LogP contribution in [0.5, 0.6) is 0 Å². The minimum Gasteiger partial charge on any atom is -0.381 e. The topological polar surface area (TPSA) is 21.3 Å². The Bertz CT molecular complexity index is 386. The molecule has 0 spiro atoms. The normalized spacial score (nSPS) is 22.7. The number of methoxy groups -OCH3 is 1. The van der Waals surface area contributed by atoms with Crippen LogP contribution in [0.2, 0.25) is 0 Å². The van der Waals surface area contributed by atoms with E-state index in [-0.39, 0.29) is 0 Å². The van der Waals surface area contributed by atoms with Gasteiger partial charge < -0.3 is 10.1 Å². The maximum absolute atomic E-state index is 5.27. The lowest BCUT2D eigenvalue weighted by Gasteiger charge is -2.40. The Balaban J connectivity index is 2.12. The standard InChI is InChI=1S/C16H25NO/c1-16(2)11-7-6-10-15(16)17-14-9-5-4-8-13(14)12-18-3/h4-5,8-9,15,17H,6-7,10-12H2,1-3H3. The van der Waals surface area contributed by atoms with Crippen molar-refractivity contribution >= 4 is 5.69 Å². The molecule has 1 fully saturated rings. The quantitative estimate of drug-likeness (QED) is 0.860. The van der Waals surface area contributed by atoms with E-state index < -0.39 is 0 Å². The lowest BCUT2D eigenvalue weighted by Crippen LogP contribution is -2.39. The summed E-state index contributed by atoms with van der Waals surface area (Å²) >= 11 is 0. The summed E-state index contributed by atoms with van der Waals surface area (Å²) in [5.41, 5.74) is 2.87. The number of para-hydroxylation sites is 1. The molecule has 1 atom stereocenters. The van der Waals surface area contributed by atoms with Crippen LogP contribution in [0.15, 0.2) is 24.3 Å². The summed E-state index contributed by atoms with van der Waals surface area (Å²) in [5, 5.41) is 3.74. The van der Waals surface area contributed by atoms with Crippen LogP contribution in [-0.4, -0.2) is 13.2 Å². The molecule has 0 radical (unpaired) electrons. The average molecular weight is 247 g/mol. The smallest absolute Gasteiger partial charge is 0.0733 e. The van der Waals surface area contributed by atoms with Gasteiger partial charge in [0.15, 0.2) is 0 Å². The molecule has 0 aromatic heterocycles. The van der Waals surface area contributed by atoms with E-state index in [1.54, 1.807) is 7.11 Å². The van der Waals surface area contributed by atoms with Crippen molar-refractivity contribution in [2.45, 2.75) is 52.2 Å². The summed E-state index contributed by atoms with van der Waals surface area (Å²) in [6.07, 6.45) is 5.30. The van der Waals surface area contributed by atoms with Gasteiger partial charge in [-0.25, -0.2) is 0 Å². The molecule has 1 aromatic carbocycles. The summed E-state index contributed by atoms with van der Waals surface area (Å²) in [7, 11) is 1.75. The summed E-state index contributed by atoms with van der Waals surface area (Å²) in [5.74, 6) is 0. The highest BCUT2D eigenvalue weighted by Gasteiger charge is 2.32. The molecule has 1 saturated carbocycles. The van der Waals surface area contributed by atoms with Gasteiger partial charge in [0, 0.05) is 24.4 Å². The van der Waals surface area contributed by atoms with Crippen molar-refractivity contribution < 1.29 is 4.74 Å². The Morgan fingerprint density at radius 3 is 2.78 bits per heavy atom. The largest absolute Gasteiger partial charge is 0.381 e. The molecule has 0 heterocycles. The molecule has 0 amide bonds. The third-order valence-electron chi connectivity index (χ3n) is 4.15. The number of anilines is 1. The van der Waals surface area contributed by atoms with Gasteiger partial charge in [0.25, 0.3) is 0 Å². The fourth-order valence-electron chi connectivity index (χ4n) is 2.89. The first-order valence-electron chi connectivity index (χ1n) is 6.97. The predicted octanol–water partition coefficient (Wildman–Crippen LogP) is 4.21. The SMILES string of the molecule is COCc1ccccc1NC1CCCCC1(C)C. The molecule has 2 heteroatoms. The van der Waals surface area contributed by atoms with Crippen molar-refractivity contribution in [3.05, 3.63) is 29.8 Å². The second kappa shape index (κ2) is 5.75. The zero-order valence-corrected chi connectivity index (χ0v) is 11.8. The van der Waals surface area contributed by atoms with Crippen LogP contribution >= 0.6 is 0 Å². The van der Waals surface area contributed by atoms with E-state index in [0.29, 0.717) is 18.1 Å². The Morgan fingerprint density at radius 2 is 2.06 bits per heavy atom. The zero-order chi connectivity index (χ0) is 13.0. The molecule has 1 aliphatic rings. The molecule has 2 rings (SSSR count). The van der Waals surface area contributed by atoms with Gasteiger partial charge in [-0.15, -0.1) is 0 Å². The van der Waals surface area contributed by atoms with E-state index in [2.05, 4.69) is 43.4 Å². The Hall–Kier alpha value is -1.02. The van der Waals surface area contributed by atoms with Gasteiger partial charge in [-0.2, -0.15) is 0 Å². The first-order valence-corrected chi connectivity index (χ1v) is 6.97. The Kier molecular flexibility index (Phi) is 4.28. The number of benzene rings is 1. The van der Waals surface area contributed by atoms with E-state index in [4.69, 9.17) is 4.74 Å². The summed E-state index contributed by atoms with van der Waals surface area (Å²) < 4.78 is 5.27. The molecule has 1 aliphatic carbocycles. The molecule has 100 valence electrons. The highest BCUT2D eigenvalue weighted by Crippen LogP contribution is 2.37. The Morgan fingerprint density at radius 1 is 1.28 bits per heavy atom. The van der Waals surface area contributed by atoms with E-state index in [1.807, 2.05) is 0 Å². The van der Waals surface area contributed by atoms with Gasteiger partial charge in [-0.3, -0.25) is 0 Å². The van der Waals surface area contributed by atoms with Crippen molar-refractivity contribution in [3.63, 3.8) is 0 Å². The minimum atomic E-state index is 0.387. The average Bonchev–Trinajstić information content (AvgIpc) is 2.34. The first kappa shape index (κ1) is 13.4. The van der Waals surface area contributed by atoms with Gasteiger partial charge in [0.1, 0.15) is 0 Å². The van der Waals surface area contributed by atoms with Crippen LogP contribution in [0.1, 0.15) is 45.1 Å². The van der Waals surface area contributed by atoms with Gasteiger partial charge in [-0.05, 0) is 24.3 Å². The number of ether oxygens (including phenoxy) is 1. The van der Waals surface area contributed by atoms with Crippen molar-refractivity contribution in [2.75, 3.05) is 12.4 Å². The van der Waals surface area contributed by atoms with Crippen LogP contribution in [-0.2, 0) is 11.3 Å². The maximum Gasteiger partial charge on any atom is 0.0733 e. The van der Waals surface area contributed by atoms with Crippen LogP contribution in [0.3, 0.4) is 0 Å². The van der Waals surface area contributed by atoms with Crippen LogP contribution < -0.4 is 5.32 Å². The highest BCUT2D eigenvalue weighted by molar-refractivity contribution is 5.51. The van der Waals surface area contributed by atoms with Crippen molar-refractivity contribution in [3.8, 4) is 0 Å². The number of nitrogens with one attached hydrogen (secondary N) is 1. The molecular weight excluding hydrogens is 222 g/mol. The lowest BCUT2D eigenvalue weighted by atomic mass is 9.73. The Labute approximate surface area is 111 Å². The summed E-state index contributed by atoms with van der Waals surface area (Å²) in [4.78, 5) is 0. The molecule has 2 nitrogen and oxygen atoms in total. The second-order valence-electron chi connectivity index (χ2n) is 6.02. The minimum absolute atomic E-state index is 0.387. The van der Waals surface area contributed by atoms with Gasteiger partial charge in [0.2, 0.25) is 0 Å². The second-order valence-corrected chi connectivity index (χ2v) is 6.02. The van der Waals surface area contributed by atoms with E-state index in [1.165, 1.54) is 36.9 Å². The summed E-state index contributed by atoms with van der Waals surface area (Å²) in [6, 6.07) is 9.05. The molecule has 0 aliphatic heterocycles. The number of hydrogen-bond donors (Lipinski definition) is 1. The predicted molar refractivity (Wildman–Crippen MR) is 76.8 cm³/mol.